The SMILES string of the molecule is O=C(OCCOCc1ccc2c(c1)C(=O)OC2=O)c1ccc2c(c1)C(=O)OC2. The summed E-state index contributed by atoms with van der Waals surface area (Å²) >= 11 is 0. The highest BCUT2D eigenvalue weighted by Crippen LogP contribution is 2.22. The topological polar surface area (TPSA) is 105 Å². The number of ether oxygens (including phenoxy) is 4. The first-order valence-corrected chi connectivity index (χ1v) is 8.47. The van der Waals surface area contributed by atoms with Gasteiger partial charge in [-0.3, -0.25) is 0 Å². The van der Waals surface area contributed by atoms with Crippen LogP contribution in [-0.4, -0.2) is 37.1 Å². The number of carbonyl (C=O) groups is 4. The molecule has 8 nitrogen and oxygen atoms in total. The van der Waals surface area contributed by atoms with Crippen LogP contribution in [0.2, 0.25) is 0 Å². The van der Waals surface area contributed by atoms with Crippen molar-refractivity contribution in [3.8, 4) is 0 Å². The van der Waals surface area contributed by atoms with Crippen LogP contribution in [0.3, 0.4) is 0 Å². The molecule has 0 bridgehead atoms. The standard InChI is InChI=1S/C20H14O8/c21-17(12-2-3-13-10-27-18(22)15(13)8-12)26-6-5-25-9-11-1-4-14-16(7-11)20(24)28-19(14)23/h1-4,7-8H,5-6,9-10H2. The molecule has 0 saturated carbocycles. The van der Waals surface area contributed by atoms with Gasteiger partial charge in [-0.15, -0.1) is 0 Å². The molecule has 2 aromatic carbocycles. The third-order valence-corrected chi connectivity index (χ3v) is 4.36. The van der Waals surface area contributed by atoms with Gasteiger partial charge in [-0.2, -0.15) is 0 Å². The Hall–Kier alpha value is -3.52. The molecular weight excluding hydrogens is 368 g/mol. The second-order valence-electron chi connectivity index (χ2n) is 6.19. The average Bonchev–Trinajstić information content (AvgIpc) is 3.20. The molecule has 8 heteroatoms. The lowest BCUT2D eigenvalue weighted by Gasteiger charge is -2.07. The van der Waals surface area contributed by atoms with Crippen molar-refractivity contribution in [1.82, 2.24) is 0 Å². The summed E-state index contributed by atoms with van der Waals surface area (Å²) in [6.07, 6.45) is 0. The molecule has 28 heavy (non-hydrogen) atoms. The Kier molecular flexibility index (Phi) is 4.62. The fraction of sp³-hybridized carbons (Fsp3) is 0.200. The Morgan fingerprint density at radius 3 is 2.57 bits per heavy atom. The smallest absolute Gasteiger partial charge is 0.346 e. The molecule has 0 amide bonds. The Bertz CT molecular complexity index is 1010. The zero-order valence-electron chi connectivity index (χ0n) is 14.6. The van der Waals surface area contributed by atoms with Gasteiger partial charge in [0.05, 0.1) is 35.5 Å². The first kappa shape index (κ1) is 17.9. The fourth-order valence-electron chi connectivity index (χ4n) is 2.93. The molecule has 0 saturated heterocycles. The highest BCUT2D eigenvalue weighted by molar-refractivity contribution is 6.14. The molecule has 0 N–H and O–H groups in total. The van der Waals surface area contributed by atoms with E-state index < -0.39 is 23.9 Å². The number of cyclic esters (lactones) is 3. The molecule has 0 spiro atoms. The largest absolute Gasteiger partial charge is 0.460 e. The first-order valence-electron chi connectivity index (χ1n) is 8.47. The van der Waals surface area contributed by atoms with E-state index >= 15 is 0 Å². The lowest BCUT2D eigenvalue weighted by atomic mass is 10.1. The Morgan fingerprint density at radius 2 is 1.71 bits per heavy atom. The van der Waals surface area contributed by atoms with E-state index in [1.165, 1.54) is 18.2 Å². The minimum atomic E-state index is -0.672. The van der Waals surface area contributed by atoms with Gasteiger partial charge in [0.2, 0.25) is 0 Å². The van der Waals surface area contributed by atoms with Crippen LogP contribution in [-0.2, 0) is 32.2 Å². The van der Waals surface area contributed by atoms with Crippen LogP contribution in [0.5, 0.6) is 0 Å². The van der Waals surface area contributed by atoms with E-state index in [4.69, 9.17) is 14.2 Å². The number of fused-ring (bicyclic) bond motifs is 2. The van der Waals surface area contributed by atoms with Gasteiger partial charge >= 0.3 is 23.9 Å². The predicted octanol–water partition coefficient (Wildman–Crippen LogP) is 2.04. The molecule has 0 aliphatic carbocycles. The van der Waals surface area contributed by atoms with Crippen LogP contribution in [0.25, 0.3) is 0 Å². The van der Waals surface area contributed by atoms with Gasteiger partial charge in [0.1, 0.15) is 13.2 Å². The van der Waals surface area contributed by atoms with Crippen molar-refractivity contribution < 1.29 is 38.1 Å². The fourth-order valence-corrected chi connectivity index (χ4v) is 2.93. The van der Waals surface area contributed by atoms with E-state index in [0.717, 1.165) is 5.56 Å². The quantitative estimate of drug-likeness (QED) is 0.323. The van der Waals surface area contributed by atoms with E-state index in [0.29, 0.717) is 11.1 Å². The number of carbonyl (C=O) groups excluding carboxylic acids is 4. The van der Waals surface area contributed by atoms with Crippen LogP contribution in [0.4, 0.5) is 0 Å². The van der Waals surface area contributed by atoms with Crippen molar-refractivity contribution in [2.24, 2.45) is 0 Å². The van der Waals surface area contributed by atoms with Crippen molar-refractivity contribution >= 4 is 23.9 Å². The number of rotatable bonds is 6. The van der Waals surface area contributed by atoms with E-state index in [1.54, 1.807) is 18.2 Å². The van der Waals surface area contributed by atoms with Gasteiger partial charge < -0.3 is 18.9 Å². The third kappa shape index (κ3) is 3.37. The molecule has 2 aliphatic rings. The second kappa shape index (κ2) is 7.24. The van der Waals surface area contributed by atoms with Crippen LogP contribution in [0, 0.1) is 0 Å². The van der Waals surface area contributed by atoms with Gasteiger partial charge in [0, 0.05) is 5.56 Å². The van der Waals surface area contributed by atoms with E-state index in [-0.39, 0.29) is 43.1 Å². The van der Waals surface area contributed by atoms with E-state index in [1.807, 2.05) is 0 Å². The van der Waals surface area contributed by atoms with Crippen molar-refractivity contribution in [1.29, 1.82) is 0 Å². The van der Waals surface area contributed by atoms with Gasteiger partial charge in [0.25, 0.3) is 0 Å². The summed E-state index contributed by atoms with van der Waals surface area (Å²) in [5.74, 6) is -2.34. The van der Waals surface area contributed by atoms with Gasteiger partial charge in [-0.05, 0) is 29.8 Å². The summed E-state index contributed by atoms with van der Waals surface area (Å²) in [5, 5.41) is 0. The average molecular weight is 382 g/mol. The Morgan fingerprint density at radius 1 is 0.893 bits per heavy atom. The maximum atomic E-state index is 12.1. The van der Waals surface area contributed by atoms with E-state index in [9.17, 15) is 19.2 Å². The summed E-state index contributed by atoms with van der Waals surface area (Å²) in [6, 6.07) is 9.41. The van der Waals surface area contributed by atoms with E-state index in [2.05, 4.69) is 4.74 Å². The molecule has 2 heterocycles. The number of esters is 4. The van der Waals surface area contributed by atoms with Crippen LogP contribution in [0.1, 0.15) is 52.6 Å². The Balaban J connectivity index is 1.25. The number of hydrogen-bond donors (Lipinski definition) is 0. The summed E-state index contributed by atoms with van der Waals surface area (Å²) in [6.45, 7) is 0.550. The molecule has 0 radical (unpaired) electrons. The molecule has 0 fully saturated rings. The van der Waals surface area contributed by atoms with Crippen molar-refractivity contribution in [2.75, 3.05) is 13.2 Å². The summed E-state index contributed by atoms with van der Waals surface area (Å²) in [7, 11) is 0. The minimum Gasteiger partial charge on any atom is -0.460 e. The van der Waals surface area contributed by atoms with Crippen molar-refractivity contribution in [2.45, 2.75) is 13.2 Å². The first-order chi connectivity index (χ1) is 13.5. The van der Waals surface area contributed by atoms with Crippen molar-refractivity contribution in [3.05, 3.63) is 69.8 Å². The normalized spacial score (nSPS) is 14.4. The maximum Gasteiger partial charge on any atom is 0.346 e. The monoisotopic (exact) mass is 382 g/mol. The van der Waals surface area contributed by atoms with Gasteiger partial charge in [-0.1, -0.05) is 12.1 Å². The molecule has 4 rings (SSSR count). The molecule has 142 valence electrons. The molecule has 2 aliphatic heterocycles. The van der Waals surface area contributed by atoms with Crippen LogP contribution in [0.15, 0.2) is 36.4 Å². The second-order valence-corrected chi connectivity index (χ2v) is 6.19. The lowest BCUT2D eigenvalue weighted by Crippen LogP contribution is -2.11. The minimum absolute atomic E-state index is 0.0197. The van der Waals surface area contributed by atoms with Gasteiger partial charge in [-0.25, -0.2) is 19.2 Å². The highest BCUT2D eigenvalue weighted by Gasteiger charge is 2.29. The van der Waals surface area contributed by atoms with Crippen LogP contribution < -0.4 is 0 Å². The Labute approximate surface area is 158 Å². The molecular formula is C20H14O8. The summed E-state index contributed by atoms with van der Waals surface area (Å²) in [5.41, 5.74) is 2.52. The molecule has 0 atom stereocenters. The van der Waals surface area contributed by atoms with Crippen LogP contribution >= 0.6 is 0 Å². The predicted molar refractivity (Wildman–Crippen MR) is 91.7 cm³/mol. The number of hydrogen-bond acceptors (Lipinski definition) is 8. The molecule has 0 unspecified atom stereocenters. The molecule has 0 aromatic heterocycles. The third-order valence-electron chi connectivity index (χ3n) is 4.36. The zero-order chi connectivity index (χ0) is 19.7. The zero-order valence-corrected chi connectivity index (χ0v) is 14.6. The summed E-state index contributed by atoms with van der Waals surface area (Å²) < 4.78 is 20.0. The molecule has 2 aromatic rings. The number of benzene rings is 2. The lowest BCUT2D eigenvalue weighted by molar-refractivity contribution is 0.0287. The maximum absolute atomic E-state index is 12.1. The van der Waals surface area contributed by atoms with Gasteiger partial charge in [0.15, 0.2) is 0 Å². The highest BCUT2D eigenvalue weighted by atomic mass is 16.6. The summed E-state index contributed by atoms with van der Waals surface area (Å²) in [4.78, 5) is 46.5. The van der Waals surface area contributed by atoms with Crippen molar-refractivity contribution in [3.63, 3.8) is 0 Å².